The van der Waals surface area contributed by atoms with Gasteiger partial charge in [-0.1, -0.05) is 0 Å². The van der Waals surface area contributed by atoms with Crippen molar-refractivity contribution in [3.8, 4) is 0 Å². The van der Waals surface area contributed by atoms with Gasteiger partial charge in [-0.2, -0.15) is 0 Å². The van der Waals surface area contributed by atoms with Gasteiger partial charge >= 0.3 is 0 Å². The Morgan fingerprint density at radius 2 is 2.00 bits per heavy atom. The smallest absolute Gasteiger partial charge is 0.234 e. The van der Waals surface area contributed by atoms with E-state index in [2.05, 4.69) is 15.0 Å². The molecule has 118 valence electrons. The Kier molecular flexibility index (Phi) is 4.81. The average molecular weight is 329 g/mol. The van der Waals surface area contributed by atoms with Crippen molar-refractivity contribution in [2.45, 2.75) is 57.4 Å². The summed E-state index contributed by atoms with van der Waals surface area (Å²) in [5, 5.41) is 3.95. The Morgan fingerprint density at radius 3 is 2.76 bits per heavy atom. The van der Waals surface area contributed by atoms with Gasteiger partial charge in [-0.05, 0) is 57.9 Å². The van der Waals surface area contributed by atoms with Crippen LogP contribution in [0.3, 0.4) is 0 Å². The summed E-state index contributed by atoms with van der Waals surface area (Å²) in [5.74, 6) is 0.184. The summed E-state index contributed by atoms with van der Waals surface area (Å²) < 4.78 is 26.8. The molecule has 0 atom stereocenters. The van der Waals surface area contributed by atoms with Gasteiger partial charge in [0, 0.05) is 10.9 Å². The molecule has 0 unspecified atom stereocenters. The number of nitrogens with one attached hydrogen (secondary N) is 2. The van der Waals surface area contributed by atoms with Crippen molar-refractivity contribution in [2.75, 3.05) is 17.0 Å². The minimum absolute atomic E-state index is 0.184. The zero-order chi connectivity index (χ0) is 14.7. The number of aryl methyl sites for hydroxylation is 2. The molecule has 5 nitrogen and oxygen atoms in total. The van der Waals surface area contributed by atoms with E-state index < -0.39 is 10.0 Å². The summed E-state index contributed by atoms with van der Waals surface area (Å²) in [4.78, 5) is 5.68. The van der Waals surface area contributed by atoms with Crippen LogP contribution in [0.1, 0.15) is 49.1 Å². The van der Waals surface area contributed by atoms with Crippen molar-refractivity contribution in [2.24, 2.45) is 0 Å². The Hall–Kier alpha value is -0.660. The molecular formula is C14H23N3O2S2. The zero-order valence-electron chi connectivity index (χ0n) is 12.2. The average Bonchev–Trinajstić information content (AvgIpc) is 3.16. The normalized spacial score (nSPS) is 18.5. The highest BCUT2D eigenvalue weighted by atomic mass is 32.2. The lowest BCUT2D eigenvalue weighted by Gasteiger charge is -2.06. The van der Waals surface area contributed by atoms with Crippen molar-refractivity contribution >= 4 is 26.5 Å². The van der Waals surface area contributed by atoms with E-state index in [4.69, 9.17) is 0 Å². The molecular weight excluding hydrogens is 306 g/mol. The minimum atomic E-state index is -3.25. The van der Waals surface area contributed by atoms with E-state index in [-0.39, 0.29) is 5.75 Å². The number of anilines is 1. The number of hydrogen-bond donors (Lipinski definition) is 2. The van der Waals surface area contributed by atoms with E-state index in [1.807, 2.05) is 0 Å². The number of sulfonamides is 1. The number of unbranched alkanes of at least 4 members (excludes halogenated alkanes) is 1. The topological polar surface area (TPSA) is 71.1 Å². The number of nitrogens with zero attached hydrogens (tertiary/aromatic N) is 1. The standard InChI is InChI=1S/C14H23N3O2S2/c18-21(19,10-4-3-9-15-11-7-8-11)17-14-16-12-5-1-2-6-13(12)20-14/h11,15H,1-10H2,(H,16,17). The van der Waals surface area contributed by atoms with E-state index in [0.717, 1.165) is 37.9 Å². The fourth-order valence-corrected chi connectivity index (χ4v) is 5.04. The maximum atomic E-state index is 12.1. The SMILES string of the molecule is O=S(=O)(CCCCNC1CC1)Nc1nc2c(s1)CCCC2. The molecule has 0 amide bonds. The zero-order valence-corrected chi connectivity index (χ0v) is 13.9. The molecule has 1 heterocycles. The molecule has 0 radical (unpaired) electrons. The van der Waals surface area contributed by atoms with Crippen LogP contribution in [0.5, 0.6) is 0 Å². The van der Waals surface area contributed by atoms with Gasteiger partial charge in [0.1, 0.15) is 0 Å². The highest BCUT2D eigenvalue weighted by molar-refractivity contribution is 7.92. The van der Waals surface area contributed by atoms with Crippen LogP contribution in [0.15, 0.2) is 0 Å². The van der Waals surface area contributed by atoms with Crippen molar-refractivity contribution < 1.29 is 8.42 Å². The fraction of sp³-hybridized carbons (Fsp3) is 0.786. The van der Waals surface area contributed by atoms with Gasteiger partial charge in [0.2, 0.25) is 10.0 Å². The number of thiazole rings is 1. The second kappa shape index (κ2) is 6.62. The molecule has 2 N–H and O–H groups in total. The van der Waals surface area contributed by atoms with E-state index in [1.165, 1.54) is 35.5 Å². The van der Waals surface area contributed by atoms with Crippen LogP contribution >= 0.6 is 11.3 Å². The van der Waals surface area contributed by atoms with Crippen molar-refractivity contribution in [3.05, 3.63) is 10.6 Å². The van der Waals surface area contributed by atoms with Crippen LogP contribution in [0.2, 0.25) is 0 Å². The second-order valence-electron chi connectivity index (χ2n) is 5.95. The molecule has 1 aromatic heterocycles. The fourth-order valence-electron chi connectivity index (χ4n) is 2.59. The molecule has 0 bridgehead atoms. The third-order valence-corrected chi connectivity index (χ3v) is 6.47. The van der Waals surface area contributed by atoms with E-state index in [1.54, 1.807) is 0 Å². The Labute approximate surface area is 130 Å². The first kappa shape index (κ1) is 15.2. The summed E-state index contributed by atoms with van der Waals surface area (Å²) in [6.45, 7) is 0.922. The van der Waals surface area contributed by atoms with Gasteiger partial charge in [-0.3, -0.25) is 4.72 Å². The Balaban J connectivity index is 1.44. The number of rotatable bonds is 8. The number of aromatic nitrogens is 1. The first-order chi connectivity index (χ1) is 10.1. The Morgan fingerprint density at radius 1 is 1.19 bits per heavy atom. The van der Waals surface area contributed by atoms with Crippen molar-refractivity contribution in [1.82, 2.24) is 10.3 Å². The summed E-state index contributed by atoms with van der Waals surface area (Å²) in [6, 6.07) is 0.696. The highest BCUT2D eigenvalue weighted by Crippen LogP contribution is 2.30. The molecule has 0 aromatic carbocycles. The minimum Gasteiger partial charge on any atom is -0.314 e. The predicted molar refractivity (Wildman–Crippen MR) is 86.4 cm³/mol. The molecule has 0 aliphatic heterocycles. The summed E-state index contributed by atoms with van der Waals surface area (Å²) in [6.07, 6.45) is 8.53. The third kappa shape index (κ3) is 4.66. The van der Waals surface area contributed by atoms with Crippen LogP contribution in [0, 0.1) is 0 Å². The predicted octanol–water partition coefficient (Wildman–Crippen LogP) is 2.30. The molecule has 0 spiro atoms. The van der Waals surface area contributed by atoms with Crippen molar-refractivity contribution in [3.63, 3.8) is 0 Å². The van der Waals surface area contributed by atoms with Crippen LogP contribution < -0.4 is 10.0 Å². The van der Waals surface area contributed by atoms with Crippen LogP contribution in [-0.4, -0.2) is 31.7 Å². The van der Waals surface area contributed by atoms with Crippen LogP contribution in [0.4, 0.5) is 5.13 Å². The third-order valence-electron chi connectivity index (χ3n) is 3.94. The lowest BCUT2D eigenvalue weighted by Crippen LogP contribution is -2.20. The number of hydrogen-bond acceptors (Lipinski definition) is 5. The second-order valence-corrected chi connectivity index (χ2v) is 8.88. The molecule has 7 heteroatoms. The van der Waals surface area contributed by atoms with E-state index in [9.17, 15) is 8.42 Å². The van der Waals surface area contributed by atoms with E-state index >= 15 is 0 Å². The molecule has 21 heavy (non-hydrogen) atoms. The Bertz CT molecular complexity index is 556. The number of fused-ring (bicyclic) bond motifs is 1. The van der Waals surface area contributed by atoms with Gasteiger partial charge in [-0.15, -0.1) is 11.3 Å². The summed E-state index contributed by atoms with van der Waals surface area (Å²) >= 11 is 1.50. The van der Waals surface area contributed by atoms with Gasteiger partial charge in [-0.25, -0.2) is 13.4 Å². The molecule has 2 aliphatic rings. The first-order valence-corrected chi connectivity index (χ1v) is 10.3. The molecule has 1 saturated carbocycles. The lowest BCUT2D eigenvalue weighted by molar-refractivity contribution is 0.591. The molecule has 3 rings (SSSR count). The monoisotopic (exact) mass is 329 g/mol. The first-order valence-electron chi connectivity index (χ1n) is 7.85. The van der Waals surface area contributed by atoms with Gasteiger partial charge < -0.3 is 5.32 Å². The van der Waals surface area contributed by atoms with E-state index in [0.29, 0.717) is 17.6 Å². The van der Waals surface area contributed by atoms with Crippen LogP contribution in [-0.2, 0) is 22.9 Å². The van der Waals surface area contributed by atoms with Gasteiger partial charge in [0.05, 0.1) is 11.4 Å². The molecule has 1 aromatic rings. The summed E-state index contributed by atoms with van der Waals surface area (Å²) in [7, 11) is -3.25. The molecule has 1 fully saturated rings. The molecule has 0 saturated heterocycles. The molecule has 2 aliphatic carbocycles. The maximum Gasteiger partial charge on any atom is 0.234 e. The van der Waals surface area contributed by atoms with Crippen LogP contribution in [0.25, 0.3) is 0 Å². The quantitative estimate of drug-likeness (QED) is 0.718. The summed E-state index contributed by atoms with van der Waals surface area (Å²) in [5.41, 5.74) is 1.09. The maximum absolute atomic E-state index is 12.1. The van der Waals surface area contributed by atoms with Gasteiger partial charge in [0.25, 0.3) is 0 Å². The lowest BCUT2D eigenvalue weighted by atomic mass is 10.0. The van der Waals surface area contributed by atoms with Crippen molar-refractivity contribution in [1.29, 1.82) is 0 Å². The highest BCUT2D eigenvalue weighted by Gasteiger charge is 2.20. The van der Waals surface area contributed by atoms with Gasteiger partial charge in [0.15, 0.2) is 5.13 Å². The largest absolute Gasteiger partial charge is 0.314 e.